The zero-order valence-corrected chi connectivity index (χ0v) is 18.2. The number of methoxy groups -OCH3 is 1. The first-order valence-electron chi connectivity index (χ1n) is 10.4. The second-order valence-electron chi connectivity index (χ2n) is 7.60. The molecule has 8 heteroatoms. The molecule has 0 saturated carbocycles. The maximum atomic E-state index is 12.6. The van der Waals surface area contributed by atoms with Crippen molar-refractivity contribution in [2.24, 2.45) is 0 Å². The molecule has 0 atom stereocenters. The van der Waals surface area contributed by atoms with Crippen molar-refractivity contribution < 1.29 is 9.53 Å². The number of hydrogen-bond acceptors (Lipinski definition) is 5. The Morgan fingerprint density at radius 3 is 2.45 bits per heavy atom. The van der Waals surface area contributed by atoms with Gasteiger partial charge in [-0.25, -0.2) is 14.5 Å². The summed E-state index contributed by atoms with van der Waals surface area (Å²) in [6, 6.07) is 13.5. The Kier molecular flexibility index (Phi) is 6.06. The molecule has 1 aliphatic rings. The predicted octanol–water partition coefficient (Wildman–Crippen LogP) is 2.92. The molecule has 1 fully saturated rings. The number of nitrogens with zero attached hydrogens (tertiary/aromatic N) is 5. The Labute approximate surface area is 182 Å². The second-order valence-corrected chi connectivity index (χ2v) is 7.60. The summed E-state index contributed by atoms with van der Waals surface area (Å²) in [4.78, 5) is 21.2. The molecule has 0 unspecified atom stereocenters. The zero-order valence-electron chi connectivity index (χ0n) is 18.2. The highest BCUT2D eigenvalue weighted by atomic mass is 16.5. The van der Waals surface area contributed by atoms with Gasteiger partial charge in [-0.2, -0.15) is 5.10 Å². The van der Waals surface area contributed by atoms with Crippen molar-refractivity contribution in [3.05, 3.63) is 65.6 Å². The average molecular weight is 421 g/mol. The van der Waals surface area contributed by atoms with Crippen LogP contribution in [-0.4, -0.2) is 59.0 Å². The van der Waals surface area contributed by atoms with Gasteiger partial charge in [-0.3, -0.25) is 0 Å². The lowest BCUT2D eigenvalue weighted by Crippen LogP contribution is -2.52. The van der Waals surface area contributed by atoms with Gasteiger partial charge in [-0.05, 0) is 43.7 Å². The van der Waals surface area contributed by atoms with Crippen LogP contribution in [0, 0.1) is 13.8 Å². The molecule has 0 radical (unpaired) electrons. The Morgan fingerprint density at radius 1 is 1.06 bits per heavy atom. The number of aromatic nitrogens is 3. The number of benzene rings is 1. The van der Waals surface area contributed by atoms with E-state index in [0.29, 0.717) is 19.6 Å². The second kappa shape index (κ2) is 9.07. The van der Waals surface area contributed by atoms with Crippen molar-refractivity contribution in [3.63, 3.8) is 0 Å². The van der Waals surface area contributed by atoms with E-state index < -0.39 is 0 Å². The minimum absolute atomic E-state index is 0.0342. The van der Waals surface area contributed by atoms with Gasteiger partial charge in [0.05, 0.1) is 24.2 Å². The van der Waals surface area contributed by atoms with E-state index in [2.05, 4.69) is 22.1 Å². The molecule has 1 N–H and O–H groups in total. The van der Waals surface area contributed by atoms with E-state index in [-0.39, 0.29) is 6.03 Å². The van der Waals surface area contributed by atoms with Gasteiger partial charge in [-0.15, -0.1) is 0 Å². The van der Waals surface area contributed by atoms with Crippen molar-refractivity contribution in [1.82, 2.24) is 25.0 Å². The molecule has 2 amide bonds. The lowest BCUT2D eigenvalue weighted by atomic mass is 10.2. The van der Waals surface area contributed by atoms with Gasteiger partial charge >= 0.3 is 6.03 Å². The number of nitrogens with one attached hydrogen (secondary N) is 1. The molecule has 0 aliphatic carbocycles. The van der Waals surface area contributed by atoms with Crippen LogP contribution in [0.4, 0.5) is 10.5 Å². The number of amides is 2. The van der Waals surface area contributed by atoms with E-state index >= 15 is 0 Å². The molecule has 8 nitrogen and oxygen atoms in total. The fourth-order valence-electron chi connectivity index (χ4n) is 3.96. The monoisotopic (exact) mass is 420 g/mol. The third-order valence-corrected chi connectivity index (χ3v) is 5.61. The molecule has 0 bridgehead atoms. The summed E-state index contributed by atoms with van der Waals surface area (Å²) in [5.74, 6) is 1.62. The van der Waals surface area contributed by atoms with Gasteiger partial charge < -0.3 is 19.9 Å². The standard InChI is InChI=1S/C23H28N6O2/c1-17-22(18(2)29(26-17)21-6-4-5-11-24-21)27-12-14-28(15-13-27)23(30)25-16-19-7-9-20(31-3)10-8-19/h4-11H,12-16H2,1-3H3,(H,25,30). The molecular weight excluding hydrogens is 392 g/mol. The van der Waals surface area contributed by atoms with Crippen molar-refractivity contribution in [2.45, 2.75) is 20.4 Å². The van der Waals surface area contributed by atoms with Crippen LogP contribution >= 0.6 is 0 Å². The number of carbonyl (C=O) groups is 1. The molecule has 0 spiro atoms. The Bertz CT molecular complexity index is 1020. The van der Waals surface area contributed by atoms with Crippen molar-refractivity contribution >= 4 is 11.7 Å². The van der Waals surface area contributed by atoms with Crippen LogP contribution in [0.15, 0.2) is 48.7 Å². The third-order valence-electron chi connectivity index (χ3n) is 5.61. The zero-order chi connectivity index (χ0) is 21.8. The van der Waals surface area contributed by atoms with Crippen LogP contribution in [-0.2, 0) is 6.54 Å². The van der Waals surface area contributed by atoms with Crippen molar-refractivity contribution in [1.29, 1.82) is 0 Å². The van der Waals surface area contributed by atoms with Gasteiger partial charge in [0.2, 0.25) is 0 Å². The fourth-order valence-corrected chi connectivity index (χ4v) is 3.96. The highest BCUT2D eigenvalue weighted by molar-refractivity contribution is 5.74. The summed E-state index contributed by atoms with van der Waals surface area (Å²) in [6.07, 6.45) is 1.77. The molecule has 31 heavy (non-hydrogen) atoms. The fraction of sp³-hybridized carbons (Fsp3) is 0.348. The molecule has 4 rings (SSSR count). The summed E-state index contributed by atoms with van der Waals surface area (Å²) in [7, 11) is 1.64. The highest BCUT2D eigenvalue weighted by Gasteiger charge is 2.25. The van der Waals surface area contributed by atoms with Crippen molar-refractivity contribution in [3.8, 4) is 11.6 Å². The lowest BCUT2D eigenvalue weighted by Gasteiger charge is -2.36. The Balaban J connectivity index is 1.35. The first-order chi connectivity index (χ1) is 15.1. The first kappa shape index (κ1) is 20.7. The number of rotatable bonds is 5. The van der Waals surface area contributed by atoms with Crippen LogP contribution in [0.2, 0.25) is 0 Å². The van der Waals surface area contributed by atoms with E-state index in [1.165, 1.54) is 0 Å². The predicted molar refractivity (Wildman–Crippen MR) is 120 cm³/mol. The van der Waals surface area contributed by atoms with E-state index in [1.807, 2.05) is 59.0 Å². The number of anilines is 1. The molecule has 3 heterocycles. The SMILES string of the molecule is COc1ccc(CNC(=O)N2CCN(c3c(C)nn(-c4ccccn4)c3C)CC2)cc1. The Morgan fingerprint density at radius 2 is 1.81 bits per heavy atom. The minimum atomic E-state index is -0.0342. The van der Waals surface area contributed by atoms with E-state index in [9.17, 15) is 4.79 Å². The number of piperazine rings is 1. The normalized spacial score (nSPS) is 13.9. The summed E-state index contributed by atoms with van der Waals surface area (Å²) in [5, 5.41) is 7.71. The van der Waals surface area contributed by atoms with Gasteiger partial charge in [0.1, 0.15) is 5.75 Å². The van der Waals surface area contributed by atoms with Crippen LogP contribution in [0.3, 0.4) is 0 Å². The topological polar surface area (TPSA) is 75.5 Å². The quantitative estimate of drug-likeness (QED) is 0.687. The molecule has 162 valence electrons. The van der Waals surface area contributed by atoms with Crippen molar-refractivity contribution in [2.75, 3.05) is 38.2 Å². The van der Waals surface area contributed by atoms with Crippen LogP contribution in [0.25, 0.3) is 5.82 Å². The first-order valence-corrected chi connectivity index (χ1v) is 10.4. The number of ether oxygens (including phenoxy) is 1. The smallest absolute Gasteiger partial charge is 0.317 e. The number of hydrogen-bond donors (Lipinski definition) is 1. The third kappa shape index (κ3) is 4.47. The molecular formula is C23H28N6O2. The average Bonchev–Trinajstić information content (AvgIpc) is 3.12. The maximum absolute atomic E-state index is 12.6. The van der Waals surface area contributed by atoms with Crippen LogP contribution in [0.1, 0.15) is 17.0 Å². The molecule has 1 saturated heterocycles. The molecule has 1 aromatic carbocycles. The van der Waals surface area contributed by atoms with Gasteiger partial charge in [0, 0.05) is 38.9 Å². The van der Waals surface area contributed by atoms with E-state index in [0.717, 1.165) is 47.3 Å². The molecule has 2 aromatic heterocycles. The largest absolute Gasteiger partial charge is 0.497 e. The number of carbonyl (C=O) groups excluding carboxylic acids is 1. The maximum Gasteiger partial charge on any atom is 0.317 e. The van der Waals surface area contributed by atoms with Gasteiger partial charge in [0.15, 0.2) is 5.82 Å². The van der Waals surface area contributed by atoms with Crippen LogP contribution in [0.5, 0.6) is 5.75 Å². The van der Waals surface area contributed by atoms with Crippen LogP contribution < -0.4 is 15.0 Å². The van der Waals surface area contributed by atoms with E-state index in [4.69, 9.17) is 9.84 Å². The highest BCUT2D eigenvalue weighted by Crippen LogP contribution is 2.27. The minimum Gasteiger partial charge on any atom is -0.497 e. The molecule has 3 aromatic rings. The summed E-state index contributed by atoms with van der Waals surface area (Å²) in [6.45, 7) is 7.47. The number of pyridine rings is 1. The summed E-state index contributed by atoms with van der Waals surface area (Å²) in [5.41, 5.74) is 4.21. The summed E-state index contributed by atoms with van der Waals surface area (Å²) < 4.78 is 7.06. The number of urea groups is 1. The molecule has 1 aliphatic heterocycles. The van der Waals surface area contributed by atoms with E-state index in [1.54, 1.807) is 13.3 Å². The summed E-state index contributed by atoms with van der Waals surface area (Å²) >= 11 is 0. The number of aryl methyl sites for hydroxylation is 1. The van der Waals surface area contributed by atoms with Gasteiger partial charge in [-0.1, -0.05) is 18.2 Å². The van der Waals surface area contributed by atoms with Gasteiger partial charge in [0.25, 0.3) is 0 Å². The lowest BCUT2D eigenvalue weighted by molar-refractivity contribution is 0.194. The Hall–Kier alpha value is -3.55.